The molecule has 0 aliphatic rings. The van der Waals surface area contributed by atoms with Gasteiger partial charge in [-0.15, -0.1) is 0 Å². The van der Waals surface area contributed by atoms with Crippen LogP contribution in [-0.4, -0.2) is 9.13 Å². The molecule has 77 heavy (non-hydrogen) atoms. The van der Waals surface area contributed by atoms with Crippen LogP contribution in [0.2, 0.25) is 0 Å². The van der Waals surface area contributed by atoms with Gasteiger partial charge in [0.15, 0.2) is 11.4 Å². The Morgan fingerprint density at radius 3 is 1.01 bits per heavy atom. The molecule has 2 aromatic heterocycles. The molecule has 0 unspecified atom stereocenters. The zero-order valence-corrected chi connectivity index (χ0v) is 40.8. The van der Waals surface area contributed by atoms with Crippen LogP contribution in [-0.2, 0) is 6.18 Å². The second kappa shape index (κ2) is 18.5. The minimum atomic E-state index is -4.64. The predicted octanol–water partition coefficient (Wildman–Crippen LogP) is 18.3. The van der Waals surface area contributed by atoms with Crippen LogP contribution in [0, 0.1) is 54.1 Å². The van der Waals surface area contributed by atoms with Gasteiger partial charge in [0.05, 0.1) is 75.4 Å². The highest BCUT2D eigenvalue weighted by molar-refractivity contribution is 6.14. The molecule has 12 rings (SSSR count). The molecular formula is C67H36F3N7. The first-order valence-corrected chi connectivity index (χ1v) is 24.3. The van der Waals surface area contributed by atoms with E-state index in [4.69, 9.17) is 13.1 Å². The van der Waals surface area contributed by atoms with E-state index in [1.807, 2.05) is 118 Å². The van der Waals surface area contributed by atoms with E-state index in [9.17, 15) is 29.0 Å². The molecule has 0 saturated carbocycles. The van der Waals surface area contributed by atoms with Crippen LogP contribution in [0.5, 0.6) is 0 Å². The molecule has 0 aliphatic heterocycles. The highest BCUT2D eigenvalue weighted by atomic mass is 19.4. The van der Waals surface area contributed by atoms with Crippen molar-refractivity contribution in [1.82, 2.24) is 9.13 Å². The number of rotatable bonds is 7. The van der Waals surface area contributed by atoms with Gasteiger partial charge in [-0.1, -0.05) is 103 Å². The highest BCUT2D eigenvalue weighted by Crippen LogP contribution is 2.44. The van der Waals surface area contributed by atoms with Gasteiger partial charge in [-0.3, -0.25) is 0 Å². The summed E-state index contributed by atoms with van der Waals surface area (Å²) in [6.45, 7) is 16.7. The van der Waals surface area contributed by atoms with Crippen molar-refractivity contribution < 1.29 is 13.2 Å². The van der Waals surface area contributed by atoms with E-state index in [0.29, 0.717) is 50.6 Å². The van der Waals surface area contributed by atoms with Crippen molar-refractivity contribution in [3.05, 3.63) is 251 Å². The Hall–Kier alpha value is -11.0. The summed E-state index contributed by atoms with van der Waals surface area (Å²) in [5.74, 6) is 0. The molecule has 0 fully saturated rings. The average Bonchev–Trinajstić information content (AvgIpc) is 3.99. The van der Waals surface area contributed by atoms with Gasteiger partial charge in [0.2, 0.25) is 0 Å². The van der Waals surface area contributed by atoms with Crippen molar-refractivity contribution in [2.45, 2.75) is 13.1 Å². The Bertz CT molecular complexity index is 4150. The molecule has 10 aromatic carbocycles. The summed E-state index contributed by atoms with van der Waals surface area (Å²) in [5, 5.41) is 34.3. The maximum Gasteiger partial charge on any atom is 0.416 e. The Morgan fingerprint density at radius 2 is 0.701 bits per heavy atom. The van der Waals surface area contributed by atoms with Gasteiger partial charge < -0.3 is 9.13 Å². The number of aromatic nitrogens is 2. The third-order valence-corrected chi connectivity index (χ3v) is 14.3. The Kier molecular flexibility index (Phi) is 11.3. The number of alkyl halides is 3. The summed E-state index contributed by atoms with van der Waals surface area (Å²) in [7, 11) is 0. The fraction of sp³-hybridized carbons (Fsp3) is 0.0299. The Labute approximate surface area is 440 Å². The van der Waals surface area contributed by atoms with Gasteiger partial charge in [-0.2, -0.15) is 29.0 Å². The molecule has 7 nitrogen and oxygen atoms in total. The first kappa shape index (κ1) is 47.1. The smallest absolute Gasteiger partial charge is 0.308 e. The van der Waals surface area contributed by atoms with Crippen molar-refractivity contribution >= 4 is 55.0 Å². The standard InChI is InChI=1S/C67H36F3N7/c1-40-28-51(30-53(29-40)67(68,69)70)52-35-65(76-61-24-16-47(43-8-4-41(37-71)5-9-43)31-56(61)57-32-48(17-25-62(57)76)44-10-6-42(38-72)7-11-44)60(39-73)66(36-52)77-63-26-18-49(45-12-20-54(74-2)21-13-45)33-58(63)59-34-50(19-27-64(59)77)46-14-22-55(75-3)23-15-46/h4-36H,1H3. The highest BCUT2D eigenvalue weighted by Gasteiger charge is 2.32. The zero-order valence-electron chi connectivity index (χ0n) is 40.8. The van der Waals surface area contributed by atoms with Crippen LogP contribution in [0.4, 0.5) is 24.5 Å². The van der Waals surface area contributed by atoms with Crippen molar-refractivity contribution in [2.75, 3.05) is 0 Å². The average molecular weight is 996 g/mol. The summed E-state index contributed by atoms with van der Waals surface area (Å²) in [5.41, 5.74) is 13.6. The zero-order chi connectivity index (χ0) is 53.1. The third-order valence-electron chi connectivity index (χ3n) is 14.3. The number of hydrogen-bond acceptors (Lipinski definition) is 3. The maximum atomic E-state index is 14.8. The SMILES string of the molecule is [C-]#[N+]c1ccc(-c2ccc3c(c2)c2cc(-c4ccc([N+]#[C-])cc4)ccc2n3-c2cc(-c3cc(C)cc(C(F)(F)F)c3)cc(-n3c4ccc(-c5ccc(C#N)cc5)cc4c4cc(-c5ccc(C#N)cc5)ccc43)c2C#N)cc1. The van der Waals surface area contributed by atoms with Gasteiger partial charge in [0, 0.05) is 21.5 Å². The number of halogens is 3. The van der Waals surface area contributed by atoms with Crippen LogP contribution in [0.15, 0.2) is 200 Å². The van der Waals surface area contributed by atoms with Crippen molar-refractivity contribution in [3.63, 3.8) is 0 Å². The molecular weight excluding hydrogens is 960 g/mol. The molecule has 0 spiro atoms. The second-order valence-corrected chi connectivity index (χ2v) is 18.9. The third kappa shape index (κ3) is 8.25. The summed E-state index contributed by atoms with van der Waals surface area (Å²) in [6, 6.07) is 68.3. The van der Waals surface area contributed by atoms with E-state index in [-0.39, 0.29) is 5.56 Å². The molecule has 10 heteroatoms. The normalized spacial score (nSPS) is 11.3. The van der Waals surface area contributed by atoms with Gasteiger partial charge in [-0.05, 0) is 165 Å². The van der Waals surface area contributed by atoms with Crippen molar-refractivity contribution in [2.24, 2.45) is 0 Å². The van der Waals surface area contributed by atoms with Gasteiger partial charge in [0.25, 0.3) is 0 Å². The summed E-state index contributed by atoms with van der Waals surface area (Å²) < 4.78 is 48.3. The van der Waals surface area contributed by atoms with E-state index in [1.165, 1.54) is 0 Å². The lowest BCUT2D eigenvalue weighted by Crippen LogP contribution is -2.07. The van der Waals surface area contributed by atoms with Crippen LogP contribution < -0.4 is 0 Å². The van der Waals surface area contributed by atoms with E-state index in [1.54, 1.807) is 61.5 Å². The summed E-state index contributed by atoms with van der Waals surface area (Å²) >= 11 is 0. The Balaban J connectivity index is 1.18. The largest absolute Gasteiger partial charge is 0.416 e. The minimum Gasteiger partial charge on any atom is -0.308 e. The van der Waals surface area contributed by atoms with Crippen LogP contribution in [0.25, 0.3) is 120 Å². The quantitative estimate of drug-likeness (QED) is 0.149. The van der Waals surface area contributed by atoms with Crippen LogP contribution in [0.3, 0.4) is 0 Å². The minimum absolute atomic E-state index is 0.264. The topological polar surface area (TPSA) is 89.9 Å². The van der Waals surface area contributed by atoms with Crippen LogP contribution >= 0.6 is 0 Å². The molecule has 0 aliphatic carbocycles. The van der Waals surface area contributed by atoms with E-state index >= 15 is 0 Å². The van der Waals surface area contributed by atoms with E-state index < -0.39 is 11.7 Å². The first-order valence-electron chi connectivity index (χ1n) is 24.3. The molecule has 0 atom stereocenters. The molecule has 2 heterocycles. The molecule has 0 radical (unpaired) electrons. The second-order valence-electron chi connectivity index (χ2n) is 18.9. The number of fused-ring (bicyclic) bond motifs is 6. The van der Waals surface area contributed by atoms with Crippen LogP contribution in [0.1, 0.15) is 27.8 Å². The lowest BCUT2D eigenvalue weighted by Gasteiger charge is -2.19. The van der Waals surface area contributed by atoms with Crippen molar-refractivity contribution in [3.8, 4) is 85.2 Å². The van der Waals surface area contributed by atoms with Gasteiger partial charge in [0.1, 0.15) is 11.6 Å². The monoisotopic (exact) mass is 995 g/mol. The fourth-order valence-electron chi connectivity index (χ4n) is 10.6. The molecule has 0 saturated heterocycles. The van der Waals surface area contributed by atoms with Gasteiger partial charge in [-0.25, -0.2) is 9.69 Å². The predicted molar refractivity (Wildman–Crippen MR) is 299 cm³/mol. The first-order chi connectivity index (χ1) is 37.4. The number of hydrogen-bond donors (Lipinski definition) is 0. The molecule has 0 N–H and O–H groups in total. The number of nitriles is 3. The number of aryl methyl sites for hydroxylation is 1. The summed E-state index contributed by atoms with van der Waals surface area (Å²) in [4.78, 5) is 7.16. The lowest BCUT2D eigenvalue weighted by molar-refractivity contribution is -0.137. The summed E-state index contributed by atoms with van der Waals surface area (Å²) in [6.07, 6.45) is -4.64. The fourth-order valence-corrected chi connectivity index (χ4v) is 10.6. The van der Waals surface area contributed by atoms with Gasteiger partial charge >= 0.3 is 6.18 Å². The van der Waals surface area contributed by atoms with Crippen molar-refractivity contribution in [1.29, 1.82) is 15.8 Å². The maximum absolute atomic E-state index is 14.8. The number of benzene rings is 10. The van der Waals surface area contributed by atoms with E-state index in [2.05, 4.69) is 52.2 Å². The lowest BCUT2D eigenvalue weighted by atomic mass is 9.96. The Morgan fingerprint density at radius 1 is 0.377 bits per heavy atom. The molecule has 0 bridgehead atoms. The molecule has 0 amide bonds. The number of nitrogens with zero attached hydrogens (tertiary/aromatic N) is 7. The molecule has 360 valence electrons. The molecule has 12 aromatic rings. The van der Waals surface area contributed by atoms with E-state index in [0.717, 1.165) is 100 Å².